The SMILES string of the molecule is NC(=O)C(=NNc1cccc([N+](=O)[O-])c1)C(N)=O. The molecule has 9 nitrogen and oxygen atoms in total. The van der Waals surface area contributed by atoms with Gasteiger partial charge in [0, 0.05) is 12.1 Å². The van der Waals surface area contributed by atoms with Crippen LogP contribution in [0.15, 0.2) is 29.4 Å². The van der Waals surface area contributed by atoms with E-state index in [1.807, 2.05) is 0 Å². The lowest BCUT2D eigenvalue weighted by molar-refractivity contribution is -0.384. The Morgan fingerprint density at radius 2 is 1.89 bits per heavy atom. The van der Waals surface area contributed by atoms with E-state index >= 15 is 0 Å². The van der Waals surface area contributed by atoms with Crippen molar-refractivity contribution in [2.75, 3.05) is 5.43 Å². The lowest BCUT2D eigenvalue weighted by Gasteiger charge is -2.01. The standard InChI is InChI=1S/C9H9N5O4/c10-8(15)7(9(11)16)13-12-5-2-1-3-6(4-5)14(17)18/h1-4,12H,(H2,10,15)(H2,11,16). The maximum absolute atomic E-state index is 10.8. The Hall–Kier alpha value is -2.97. The van der Waals surface area contributed by atoms with Gasteiger partial charge in [-0.2, -0.15) is 5.10 Å². The minimum atomic E-state index is -1.10. The summed E-state index contributed by atoms with van der Waals surface area (Å²) in [6, 6.07) is 5.31. The first-order valence-electron chi connectivity index (χ1n) is 4.59. The molecule has 9 heteroatoms. The number of carbonyl (C=O) groups is 2. The third-order valence-corrected chi connectivity index (χ3v) is 1.82. The minimum Gasteiger partial charge on any atom is -0.364 e. The van der Waals surface area contributed by atoms with E-state index in [4.69, 9.17) is 11.5 Å². The first-order chi connectivity index (χ1) is 8.41. The number of hydrogen-bond acceptors (Lipinski definition) is 6. The van der Waals surface area contributed by atoms with Crippen LogP contribution in [0.25, 0.3) is 0 Å². The van der Waals surface area contributed by atoms with Gasteiger partial charge in [-0.3, -0.25) is 25.1 Å². The quantitative estimate of drug-likeness (QED) is 0.274. The van der Waals surface area contributed by atoms with Crippen LogP contribution in [0.1, 0.15) is 0 Å². The maximum Gasteiger partial charge on any atom is 0.274 e. The van der Waals surface area contributed by atoms with Crippen LogP contribution in [-0.4, -0.2) is 22.4 Å². The van der Waals surface area contributed by atoms with Gasteiger partial charge >= 0.3 is 0 Å². The third-order valence-electron chi connectivity index (χ3n) is 1.82. The summed E-state index contributed by atoms with van der Waals surface area (Å²) in [5.74, 6) is -2.19. The predicted molar refractivity (Wildman–Crippen MR) is 62.5 cm³/mol. The molecular weight excluding hydrogens is 242 g/mol. The number of rotatable bonds is 5. The second-order valence-electron chi connectivity index (χ2n) is 3.11. The molecule has 0 bridgehead atoms. The zero-order valence-corrected chi connectivity index (χ0v) is 8.99. The molecule has 0 aliphatic heterocycles. The average molecular weight is 251 g/mol. The summed E-state index contributed by atoms with van der Waals surface area (Å²) < 4.78 is 0. The Balaban J connectivity index is 2.94. The topological polar surface area (TPSA) is 154 Å². The number of hydrogen-bond donors (Lipinski definition) is 3. The zero-order chi connectivity index (χ0) is 13.7. The minimum absolute atomic E-state index is 0.171. The summed E-state index contributed by atoms with van der Waals surface area (Å²) >= 11 is 0. The van der Waals surface area contributed by atoms with Crippen molar-refractivity contribution in [2.24, 2.45) is 16.6 Å². The molecule has 0 saturated carbocycles. The summed E-state index contributed by atoms with van der Waals surface area (Å²) in [6.45, 7) is 0. The molecule has 0 atom stereocenters. The highest BCUT2D eigenvalue weighted by Gasteiger charge is 2.14. The van der Waals surface area contributed by atoms with Gasteiger partial charge in [0.05, 0.1) is 10.6 Å². The Kier molecular flexibility index (Phi) is 3.92. The summed E-state index contributed by atoms with van der Waals surface area (Å²) in [4.78, 5) is 31.5. The number of nitro groups is 1. The highest BCUT2D eigenvalue weighted by atomic mass is 16.6. The van der Waals surface area contributed by atoms with E-state index in [2.05, 4.69) is 10.5 Å². The Morgan fingerprint density at radius 1 is 1.28 bits per heavy atom. The molecule has 0 spiro atoms. The molecule has 0 aromatic heterocycles. The molecule has 94 valence electrons. The lowest BCUT2D eigenvalue weighted by Crippen LogP contribution is -2.36. The van der Waals surface area contributed by atoms with Crippen molar-refractivity contribution in [1.29, 1.82) is 0 Å². The van der Waals surface area contributed by atoms with Crippen molar-refractivity contribution in [1.82, 2.24) is 0 Å². The molecule has 1 aromatic rings. The fourth-order valence-electron chi connectivity index (χ4n) is 1.04. The second kappa shape index (κ2) is 5.39. The smallest absolute Gasteiger partial charge is 0.274 e. The Bertz CT molecular complexity index is 524. The number of nitrogens with one attached hydrogen (secondary N) is 1. The van der Waals surface area contributed by atoms with E-state index in [1.54, 1.807) is 0 Å². The van der Waals surface area contributed by atoms with Gasteiger partial charge in [0.1, 0.15) is 0 Å². The molecule has 0 heterocycles. The van der Waals surface area contributed by atoms with Crippen molar-refractivity contribution in [3.05, 3.63) is 34.4 Å². The molecule has 0 aliphatic carbocycles. The van der Waals surface area contributed by atoms with Crippen LogP contribution in [0.3, 0.4) is 0 Å². The number of benzene rings is 1. The maximum atomic E-state index is 10.8. The van der Waals surface area contributed by atoms with Crippen molar-refractivity contribution in [3.8, 4) is 0 Å². The first kappa shape index (κ1) is 13.1. The van der Waals surface area contributed by atoms with Gasteiger partial charge in [0.2, 0.25) is 5.71 Å². The van der Waals surface area contributed by atoms with E-state index in [0.717, 1.165) is 0 Å². The summed E-state index contributed by atoms with van der Waals surface area (Å²) in [5.41, 5.74) is 11.4. The van der Waals surface area contributed by atoms with E-state index in [0.29, 0.717) is 0 Å². The summed E-state index contributed by atoms with van der Waals surface area (Å²) in [6.07, 6.45) is 0. The number of nitrogens with two attached hydrogens (primary N) is 2. The molecule has 18 heavy (non-hydrogen) atoms. The molecular formula is C9H9N5O4. The van der Waals surface area contributed by atoms with Gasteiger partial charge in [-0.25, -0.2) is 0 Å². The van der Waals surface area contributed by atoms with Crippen molar-refractivity contribution < 1.29 is 14.5 Å². The summed E-state index contributed by atoms with van der Waals surface area (Å²) in [7, 11) is 0. The number of nitrogens with zero attached hydrogens (tertiary/aromatic N) is 2. The summed E-state index contributed by atoms with van der Waals surface area (Å²) in [5, 5.41) is 13.9. The van der Waals surface area contributed by atoms with Gasteiger partial charge < -0.3 is 11.5 Å². The highest BCUT2D eigenvalue weighted by molar-refractivity contribution is 6.64. The van der Waals surface area contributed by atoms with Crippen LogP contribution in [0.2, 0.25) is 0 Å². The fraction of sp³-hybridized carbons (Fsp3) is 0. The van der Waals surface area contributed by atoms with Crippen molar-refractivity contribution in [3.63, 3.8) is 0 Å². The largest absolute Gasteiger partial charge is 0.364 e. The second-order valence-corrected chi connectivity index (χ2v) is 3.11. The van der Waals surface area contributed by atoms with Crippen LogP contribution >= 0.6 is 0 Å². The van der Waals surface area contributed by atoms with Crippen LogP contribution < -0.4 is 16.9 Å². The molecule has 1 aromatic carbocycles. The van der Waals surface area contributed by atoms with Crippen LogP contribution in [0, 0.1) is 10.1 Å². The van der Waals surface area contributed by atoms with Crippen molar-refractivity contribution >= 4 is 28.9 Å². The monoisotopic (exact) mass is 251 g/mol. The number of hydrazone groups is 1. The van der Waals surface area contributed by atoms with Crippen molar-refractivity contribution in [2.45, 2.75) is 0 Å². The molecule has 1 rings (SSSR count). The number of carbonyl (C=O) groups excluding carboxylic acids is 2. The molecule has 0 fully saturated rings. The first-order valence-corrected chi connectivity index (χ1v) is 4.59. The van der Waals surface area contributed by atoms with Crippen LogP contribution in [0.4, 0.5) is 11.4 Å². The van der Waals surface area contributed by atoms with E-state index < -0.39 is 22.4 Å². The van der Waals surface area contributed by atoms with Gasteiger partial charge in [-0.05, 0) is 6.07 Å². The Labute approximate surface area is 101 Å². The van der Waals surface area contributed by atoms with Gasteiger partial charge in [-0.1, -0.05) is 6.07 Å². The lowest BCUT2D eigenvalue weighted by atomic mass is 10.3. The average Bonchev–Trinajstić information content (AvgIpc) is 2.28. The van der Waals surface area contributed by atoms with E-state index in [1.165, 1.54) is 24.3 Å². The van der Waals surface area contributed by atoms with Crippen LogP contribution in [0.5, 0.6) is 0 Å². The number of amides is 2. The molecule has 2 amide bonds. The molecule has 0 aliphatic rings. The third kappa shape index (κ3) is 3.27. The van der Waals surface area contributed by atoms with Gasteiger partial charge in [-0.15, -0.1) is 0 Å². The van der Waals surface area contributed by atoms with E-state index in [9.17, 15) is 19.7 Å². The number of non-ortho nitro benzene ring substituents is 1. The number of anilines is 1. The number of nitro benzene ring substituents is 1. The molecule has 0 radical (unpaired) electrons. The fourth-order valence-corrected chi connectivity index (χ4v) is 1.04. The zero-order valence-electron chi connectivity index (χ0n) is 8.99. The predicted octanol–water partition coefficient (Wildman–Crippen LogP) is -0.667. The molecule has 5 N–H and O–H groups in total. The molecule has 0 unspecified atom stereocenters. The number of primary amides is 2. The normalized spacial score (nSPS) is 9.33. The van der Waals surface area contributed by atoms with Gasteiger partial charge in [0.15, 0.2) is 0 Å². The Morgan fingerprint density at radius 3 is 2.39 bits per heavy atom. The van der Waals surface area contributed by atoms with Gasteiger partial charge in [0.25, 0.3) is 17.5 Å². The molecule has 0 saturated heterocycles. The highest BCUT2D eigenvalue weighted by Crippen LogP contribution is 2.16. The van der Waals surface area contributed by atoms with Crippen LogP contribution in [-0.2, 0) is 9.59 Å². The van der Waals surface area contributed by atoms with E-state index in [-0.39, 0.29) is 11.4 Å².